The fraction of sp³-hybridized carbons (Fsp3) is 0.538. The van der Waals surface area contributed by atoms with Crippen molar-refractivity contribution in [1.29, 1.82) is 0 Å². The molecule has 2 N–H and O–H groups in total. The van der Waals surface area contributed by atoms with E-state index in [4.69, 9.17) is 5.73 Å². The Morgan fingerprint density at radius 3 is 2.53 bits per heavy atom. The van der Waals surface area contributed by atoms with Crippen LogP contribution in [0.25, 0.3) is 0 Å². The van der Waals surface area contributed by atoms with E-state index in [1.54, 1.807) is 11.8 Å². The van der Waals surface area contributed by atoms with Gasteiger partial charge in [0.2, 0.25) is 0 Å². The summed E-state index contributed by atoms with van der Waals surface area (Å²) in [4.78, 5) is 3.60. The van der Waals surface area contributed by atoms with Crippen molar-refractivity contribution >= 4 is 11.8 Å². The number of nitrogens with zero attached hydrogens (tertiary/aromatic N) is 1. The molecule has 0 amide bonds. The van der Waals surface area contributed by atoms with Gasteiger partial charge >= 0.3 is 0 Å². The first-order chi connectivity index (χ1) is 8.24. The Labute approximate surface area is 106 Å². The van der Waals surface area contributed by atoms with E-state index >= 15 is 0 Å². The molecule has 17 heavy (non-hydrogen) atoms. The molecule has 0 saturated carbocycles. The minimum atomic E-state index is -0.167. The first-order valence-electron chi connectivity index (χ1n) is 6.10. The molecule has 1 aliphatic heterocycles. The van der Waals surface area contributed by atoms with Crippen LogP contribution in [0.15, 0.2) is 29.2 Å². The molecule has 0 radical (unpaired) electrons. The number of hydrogen-bond donors (Lipinski definition) is 1. The van der Waals surface area contributed by atoms with Crippen LogP contribution in [0.1, 0.15) is 12.8 Å². The average Bonchev–Trinajstić information content (AvgIpc) is 2.34. The van der Waals surface area contributed by atoms with Crippen LogP contribution >= 0.6 is 11.8 Å². The third kappa shape index (κ3) is 4.30. The molecule has 1 saturated heterocycles. The van der Waals surface area contributed by atoms with E-state index in [9.17, 15) is 4.39 Å². The smallest absolute Gasteiger partial charge is 0.123 e. The van der Waals surface area contributed by atoms with Gasteiger partial charge in [-0.2, -0.15) is 0 Å². The Bertz CT molecular complexity index is 334. The van der Waals surface area contributed by atoms with Crippen molar-refractivity contribution in [2.75, 3.05) is 25.4 Å². The summed E-state index contributed by atoms with van der Waals surface area (Å²) >= 11 is 1.78. The van der Waals surface area contributed by atoms with Gasteiger partial charge in [-0.15, -0.1) is 11.8 Å². The highest BCUT2D eigenvalue weighted by Gasteiger charge is 2.15. The molecule has 0 spiro atoms. The third-order valence-corrected chi connectivity index (χ3v) is 4.11. The van der Waals surface area contributed by atoms with Crippen LogP contribution in [0, 0.1) is 5.82 Å². The number of hydrogen-bond acceptors (Lipinski definition) is 3. The van der Waals surface area contributed by atoms with Gasteiger partial charge in [0, 0.05) is 23.2 Å². The summed E-state index contributed by atoms with van der Waals surface area (Å²) in [6, 6.07) is 7.11. The lowest BCUT2D eigenvalue weighted by atomic mass is 10.1. The van der Waals surface area contributed by atoms with E-state index in [2.05, 4.69) is 4.90 Å². The van der Waals surface area contributed by atoms with Gasteiger partial charge in [0.25, 0.3) is 0 Å². The molecule has 1 aromatic carbocycles. The quantitative estimate of drug-likeness (QED) is 0.836. The molecule has 1 aliphatic rings. The fourth-order valence-corrected chi connectivity index (χ4v) is 2.91. The van der Waals surface area contributed by atoms with Crippen molar-refractivity contribution in [2.24, 2.45) is 5.73 Å². The van der Waals surface area contributed by atoms with Crippen molar-refractivity contribution in [1.82, 2.24) is 4.90 Å². The number of thioether (sulfide) groups is 1. The van der Waals surface area contributed by atoms with Gasteiger partial charge in [0.15, 0.2) is 0 Å². The van der Waals surface area contributed by atoms with Crippen molar-refractivity contribution < 1.29 is 4.39 Å². The van der Waals surface area contributed by atoms with Gasteiger partial charge in [0.1, 0.15) is 5.82 Å². The van der Waals surface area contributed by atoms with E-state index in [-0.39, 0.29) is 5.82 Å². The molecule has 94 valence electrons. The fourth-order valence-electron chi connectivity index (χ4n) is 2.00. The second-order valence-corrected chi connectivity index (χ2v) is 5.65. The number of halogens is 1. The van der Waals surface area contributed by atoms with Crippen LogP contribution in [0.2, 0.25) is 0 Å². The average molecular weight is 254 g/mol. The second-order valence-electron chi connectivity index (χ2n) is 4.48. The number of piperidine rings is 1. The first-order valence-corrected chi connectivity index (χ1v) is 7.09. The molecule has 2 rings (SSSR count). The van der Waals surface area contributed by atoms with Gasteiger partial charge in [-0.1, -0.05) is 0 Å². The minimum absolute atomic E-state index is 0.167. The van der Waals surface area contributed by atoms with E-state index in [0.29, 0.717) is 6.04 Å². The lowest BCUT2D eigenvalue weighted by Crippen LogP contribution is -2.40. The Morgan fingerprint density at radius 1 is 1.24 bits per heavy atom. The molecule has 1 fully saturated rings. The number of likely N-dealkylation sites (tertiary alicyclic amines) is 1. The first kappa shape index (κ1) is 12.9. The maximum atomic E-state index is 12.7. The third-order valence-electron chi connectivity index (χ3n) is 3.12. The molecule has 1 heterocycles. The summed E-state index contributed by atoms with van der Waals surface area (Å²) in [7, 11) is 0. The topological polar surface area (TPSA) is 29.3 Å². The van der Waals surface area contributed by atoms with Gasteiger partial charge in [0.05, 0.1) is 0 Å². The van der Waals surface area contributed by atoms with Crippen molar-refractivity contribution in [3.05, 3.63) is 30.1 Å². The van der Waals surface area contributed by atoms with Crippen LogP contribution in [-0.2, 0) is 0 Å². The van der Waals surface area contributed by atoms with Crippen molar-refractivity contribution in [2.45, 2.75) is 23.8 Å². The zero-order chi connectivity index (χ0) is 12.1. The van der Waals surface area contributed by atoms with E-state index in [1.165, 1.54) is 12.1 Å². The second kappa shape index (κ2) is 6.38. The molecule has 1 aromatic rings. The number of benzene rings is 1. The monoisotopic (exact) mass is 254 g/mol. The summed E-state index contributed by atoms with van der Waals surface area (Å²) < 4.78 is 12.7. The van der Waals surface area contributed by atoms with Crippen LogP contribution in [-0.4, -0.2) is 36.3 Å². The Morgan fingerprint density at radius 2 is 1.88 bits per heavy atom. The molecule has 0 atom stereocenters. The van der Waals surface area contributed by atoms with Crippen molar-refractivity contribution in [3.8, 4) is 0 Å². The maximum absolute atomic E-state index is 12.7. The summed E-state index contributed by atoms with van der Waals surface area (Å²) in [5.41, 5.74) is 5.86. The highest BCUT2D eigenvalue weighted by Crippen LogP contribution is 2.18. The molecular weight excluding hydrogens is 235 g/mol. The van der Waals surface area contributed by atoms with Gasteiger partial charge in [-0.3, -0.25) is 0 Å². The highest BCUT2D eigenvalue weighted by atomic mass is 32.2. The van der Waals surface area contributed by atoms with Gasteiger partial charge in [-0.05, 0) is 50.2 Å². The summed E-state index contributed by atoms with van der Waals surface area (Å²) in [6.45, 7) is 3.32. The van der Waals surface area contributed by atoms with E-state index in [1.807, 2.05) is 12.1 Å². The standard InChI is InChI=1S/C13H19FN2S/c14-11-1-3-13(4-2-11)17-10-9-16-7-5-12(15)6-8-16/h1-4,12H,5-10,15H2. The van der Waals surface area contributed by atoms with Crippen molar-refractivity contribution in [3.63, 3.8) is 0 Å². The highest BCUT2D eigenvalue weighted by molar-refractivity contribution is 7.99. The SMILES string of the molecule is NC1CCN(CCSc2ccc(F)cc2)CC1. The normalized spacial score (nSPS) is 18.5. The molecule has 0 aromatic heterocycles. The molecule has 4 heteroatoms. The predicted molar refractivity (Wildman–Crippen MR) is 70.8 cm³/mol. The zero-order valence-electron chi connectivity index (χ0n) is 9.94. The molecule has 0 unspecified atom stereocenters. The van der Waals surface area contributed by atoms with Gasteiger partial charge < -0.3 is 10.6 Å². The van der Waals surface area contributed by atoms with E-state index < -0.39 is 0 Å². The van der Waals surface area contributed by atoms with Crippen LogP contribution in [0.3, 0.4) is 0 Å². The van der Waals surface area contributed by atoms with E-state index in [0.717, 1.165) is 43.1 Å². The summed E-state index contributed by atoms with van der Waals surface area (Å²) in [6.07, 6.45) is 2.22. The molecule has 2 nitrogen and oxygen atoms in total. The van der Waals surface area contributed by atoms with Crippen LogP contribution in [0.5, 0.6) is 0 Å². The van der Waals surface area contributed by atoms with Crippen LogP contribution < -0.4 is 5.73 Å². The Balaban J connectivity index is 1.67. The summed E-state index contributed by atoms with van der Waals surface area (Å²) in [5, 5.41) is 0. The number of rotatable bonds is 4. The minimum Gasteiger partial charge on any atom is -0.328 e. The Kier molecular flexibility index (Phi) is 4.83. The largest absolute Gasteiger partial charge is 0.328 e. The lowest BCUT2D eigenvalue weighted by Gasteiger charge is -2.29. The number of nitrogens with two attached hydrogens (primary N) is 1. The lowest BCUT2D eigenvalue weighted by molar-refractivity contribution is 0.225. The molecular formula is C13H19FN2S. The van der Waals surface area contributed by atoms with Gasteiger partial charge in [-0.25, -0.2) is 4.39 Å². The summed E-state index contributed by atoms with van der Waals surface area (Å²) in [5.74, 6) is 0.889. The Hall–Kier alpha value is -0.580. The maximum Gasteiger partial charge on any atom is 0.123 e. The molecule has 0 bridgehead atoms. The van der Waals surface area contributed by atoms with Crippen LogP contribution in [0.4, 0.5) is 4.39 Å². The zero-order valence-corrected chi connectivity index (χ0v) is 10.8. The molecule has 0 aliphatic carbocycles. The predicted octanol–water partition coefficient (Wildman–Crippen LogP) is 2.34.